The molecule has 0 aromatic heterocycles. The number of hydrazine groups is 1. The molecule has 0 saturated heterocycles. The Morgan fingerprint density at radius 1 is 0.805 bits per heavy atom. The number of hydrogen-bond acceptors (Lipinski definition) is 2. The van der Waals surface area contributed by atoms with Crippen LogP contribution in [0, 0.1) is 0 Å². The highest BCUT2D eigenvalue weighted by Crippen LogP contribution is 2.43. The first-order valence-electron chi connectivity index (χ1n) is 10.8. The minimum Gasteiger partial charge on any atom is -0.298 e. The first kappa shape index (κ1) is 32.4. The molecule has 3 rings (SSSR count). The lowest BCUT2D eigenvalue weighted by Crippen LogP contribution is -2.31. The van der Waals surface area contributed by atoms with E-state index in [1.165, 1.54) is 0 Å². The monoisotopic (exact) mass is 652 g/mol. The third-order valence-corrected chi connectivity index (χ3v) is 6.58. The third-order valence-electron chi connectivity index (χ3n) is 5.39. The van der Waals surface area contributed by atoms with Crippen molar-refractivity contribution in [2.24, 2.45) is 0 Å². The number of alkyl halides is 9. The lowest BCUT2D eigenvalue weighted by Gasteiger charge is -2.19. The summed E-state index contributed by atoms with van der Waals surface area (Å²) in [6, 6.07) is 6.11. The second-order valence-electron chi connectivity index (χ2n) is 8.25. The van der Waals surface area contributed by atoms with Crippen molar-refractivity contribution >= 4 is 52.2 Å². The van der Waals surface area contributed by atoms with Crippen LogP contribution in [0.1, 0.15) is 38.5 Å². The van der Waals surface area contributed by atoms with Gasteiger partial charge >= 0.3 is 18.5 Å². The average Bonchev–Trinajstić information content (AvgIpc) is 2.86. The van der Waals surface area contributed by atoms with Crippen molar-refractivity contribution < 1.29 is 48.7 Å². The van der Waals surface area contributed by atoms with E-state index in [2.05, 4.69) is 0 Å². The normalized spacial score (nSPS) is 13.6. The molecule has 16 heteroatoms. The lowest BCUT2D eigenvalue weighted by atomic mass is 9.95. The lowest BCUT2D eigenvalue weighted by molar-refractivity contribution is -0.140. The molecule has 0 spiro atoms. The predicted molar refractivity (Wildman–Crippen MR) is 133 cm³/mol. The molecule has 1 atom stereocenters. The van der Waals surface area contributed by atoms with E-state index >= 15 is 0 Å². The van der Waals surface area contributed by atoms with Gasteiger partial charge in [-0.2, -0.15) is 39.5 Å². The van der Waals surface area contributed by atoms with Crippen molar-refractivity contribution in [2.45, 2.75) is 24.4 Å². The van der Waals surface area contributed by atoms with E-state index in [4.69, 9.17) is 34.8 Å². The zero-order valence-electron chi connectivity index (χ0n) is 19.7. The Hall–Kier alpha value is -3.16. The number of benzene rings is 3. The Bertz CT molecular complexity index is 1460. The minimum atomic E-state index is -5.29. The fraction of sp³-hybridized carbons (Fsp3) is 0.160. The van der Waals surface area contributed by atoms with Gasteiger partial charge in [0, 0.05) is 5.56 Å². The number of anilines is 1. The summed E-state index contributed by atoms with van der Waals surface area (Å²) < 4.78 is 136. The Labute approximate surface area is 239 Å². The SMILES string of the molecule is O=C(NNc1cccc(C(F)(F)F)c1)c1ccc(/C(F)=C/C(c2cc(Cl)c(Cl)c(Cl)c2)C(F)(F)F)cc1C(F)(F)F. The zero-order chi connectivity index (χ0) is 30.9. The Morgan fingerprint density at radius 2 is 1.41 bits per heavy atom. The highest BCUT2D eigenvalue weighted by Gasteiger charge is 2.41. The predicted octanol–water partition coefficient (Wildman–Crippen LogP) is 10.1. The quantitative estimate of drug-likeness (QED) is 0.158. The summed E-state index contributed by atoms with van der Waals surface area (Å²) in [5.74, 6) is -5.91. The van der Waals surface area contributed by atoms with Crippen molar-refractivity contribution in [3.05, 3.63) is 104 Å². The van der Waals surface area contributed by atoms with Gasteiger partial charge in [-0.3, -0.25) is 15.6 Å². The van der Waals surface area contributed by atoms with E-state index in [0.717, 1.165) is 30.3 Å². The van der Waals surface area contributed by atoms with Gasteiger partial charge in [-0.25, -0.2) is 4.39 Å². The van der Waals surface area contributed by atoms with Gasteiger partial charge in [-0.05, 0) is 54.1 Å². The van der Waals surface area contributed by atoms with Crippen molar-refractivity contribution in [1.29, 1.82) is 0 Å². The molecule has 2 N–H and O–H groups in total. The molecule has 1 unspecified atom stereocenters. The van der Waals surface area contributed by atoms with Gasteiger partial charge in [0.1, 0.15) is 11.7 Å². The number of carbonyl (C=O) groups is 1. The maximum Gasteiger partial charge on any atom is 0.417 e. The Morgan fingerprint density at radius 3 is 1.95 bits per heavy atom. The maximum absolute atomic E-state index is 15.0. The zero-order valence-corrected chi connectivity index (χ0v) is 21.9. The molecular weight excluding hydrogens is 641 g/mol. The molecule has 0 aliphatic heterocycles. The molecule has 0 bridgehead atoms. The molecule has 41 heavy (non-hydrogen) atoms. The molecule has 1 amide bonds. The van der Waals surface area contributed by atoms with Crippen LogP contribution in [0.2, 0.25) is 15.1 Å². The molecule has 220 valence electrons. The first-order chi connectivity index (χ1) is 18.8. The van der Waals surface area contributed by atoms with Crippen LogP contribution in [-0.4, -0.2) is 12.1 Å². The van der Waals surface area contributed by atoms with Gasteiger partial charge in [-0.1, -0.05) is 46.9 Å². The molecular formula is C25H13Cl3F10N2O. The van der Waals surface area contributed by atoms with Crippen molar-refractivity contribution in [3.63, 3.8) is 0 Å². The average molecular weight is 654 g/mol. The number of carbonyl (C=O) groups excluding carboxylic acids is 1. The number of nitrogens with one attached hydrogen (secondary N) is 2. The standard InChI is InChI=1S/C25H13Cl3F10N2O/c26-18-7-12(8-19(27)21(18)28)16(24(33,34)35)10-20(29)11-4-5-15(17(6-11)25(36,37)38)22(41)40-39-14-3-1-2-13(9-14)23(30,31)32/h1-10,16,39H,(H,40,41)/b20-10-. The summed E-state index contributed by atoms with van der Waals surface area (Å²) in [6.45, 7) is 0. The highest BCUT2D eigenvalue weighted by atomic mass is 35.5. The summed E-state index contributed by atoms with van der Waals surface area (Å²) in [5.41, 5.74) is -2.05. The summed E-state index contributed by atoms with van der Waals surface area (Å²) in [7, 11) is 0. The molecule has 0 heterocycles. The first-order valence-corrected chi connectivity index (χ1v) is 12.0. The van der Waals surface area contributed by atoms with Gasteiger partial charge in [0.2, 0.25) is 0 Å². The van der Waals surface area contributed by atoms with Gasteiger partial charge < -0.3 is 0 Å². The van der Waals surface area contributed by atoms with E-state index in [0.29, 0.717) is 18.2 Å². The molecule has 0 aliphatic carbocycles. The number of amides is 1. The summed E-state index contributed by atoms with van der Waals surface area (Å²) in [5, 5.41) is -1.04. The summed E-state index contributed by atoms with van der Waals surface area (Å²) in [6.07, 6.45) is -15.2. The molecule has 0 radical (unpaired) electrons. The summed E-state index contributed by atoms with van der Waals surface area (Å²) >= 11 is 17.3. The number of allylic oxidation sites excluding steroid dienone is 1. The van der Waals surface area contributed by atoms with Crippen molar-refractivity contribution in [3.8, 4) is 0 Å². The fourth-order valence-electron chi connectivity index (χ4n) is 3.47. The Balaban J connectivity index is 1.96. The molecule has 3 aromatic rings. The van der Waals surface area contributed by atoms with Crippen molar-refractivity contribution in [1.82, 2.24) is 5.43 Å². The van der Waals surface area contributed by atoms with Gasteiger partial charge in [-0.15, -0.1) is 0 Å². The second kappa shape index (κ2) is 12.0. The second-order valence-corrected chi connectivity index (χ2v) is 9.44. The van der Waals surface area contributed by atoms with Crippen LogP contribution >= 0.6 is 34.8 Å². The molecule has 0 fully saturated rings. The largest absolute Gasteiger partial charge is 0.417 e. The smallest absolute Gasteiger partial charge is 0.298 e. The molecule has 3 aromatic carbocycles. The molecule has 0 aliphatic rings. The van der Waals surface area contributed by atoms with E-state index in [1.807, 2.05) is 5.43 Å². The molecule has 0 saturated carbocycles. The van der Waals surface area contributed by atoms with E-state index in [9.17, 15) is 48.7 Å². The van der Waals surface area contributed by atoms with E-state index < -0.39 is 64.0 Å². The van der Waals surface area contributed by atoms with Crippen LogP contribution in [0.4, 0.5) is 49.6 Å². The Kier molecular flexibility index (Phi) is 9.46. The minimum absolute atomic E-state index is 0.000319. The topological polar surface area (TPSA) is 41.1 Å². The van der Waals surface area contributed by atoms with Crippen LogP contribution in [0.25, 0.3) is 5.83 Å². The number of hydrogen-bond donors (Lipinski definition) is 2. The molecule has 3 nitrogen and oxygen atoms in total. The number of halogens is 13. The van der Waals surface area contributed by atoms with Crippen LogP contribution in [0.3, 0.4) is 0 Å². The van der Waals surface area contributed by atoms with Gasteiger partial charge in [0.15, 0.2) is 0 Å². The van der Waals surface area contributed by atoms with E-state index in [-0.39, 0.29) is 32.9 Å². The van der Waals surface area contributed by atoms with Gasteiger partial charge in [0.25, 0.3) is 5.91 Å². The fourth-order valence-corrected chi connectivity index (χ4v) is 4.08. The van der Waals surface area contributed by atoms with Crippen LogP contribution in [0.15, 0.2) is 60.7 Å². The van der Waals surface area contributed by atoms with Gasteiger partial charge in [0.05, 0.1) is 37.4 Å². The van der Waals surface area contributed by atoms with Crippen LogP contribution < -0.4 is 10.9 Å². The van der Waals surface area contributed by atoms with Crippen molar-refractivity contribution in [2.75, 3.05) is 5.43 Å². The highest BCUT2D eigenvalue weighted by molar-refractivity contribution is 6.48. The van der Waals surface area contributed by atoms with Crippen LogP contribution in [0.5, 0.6) is 0 Å². The van der Waals surface area contributed by atoms with Crippen LogP contribution in [-0.2, 0) is 12.4 Å². The number of rotatable bonds is 6. The summed E-state index contributed by atoms with van der Waals surface area (Å²) in [4.78, 5) is 12.4. The third kappa shape index (κ3) is 7.98. The van der Waals surface area contributed by atoms with E-state index in [1.54, 1.807) is 5.43 Å². The maximum atomic E-state index is 15.0.